The van der Waals surface area contributed by atoms with E-state index in [0.29, 0.717) is 29.0 Å². The van der Waals surface area contributed by atoms with Gasteiger partial charge < -0.3 is 19.7 Å². The molecule has 0 saturated carbocycles. The van der Waals surface area contributed by atoms with Crippen molar-refractivity contribution in [3.8, 4) is 23.0 Å². The molecule has 0 spiro atoms. The van der Waals surface area contributed by atoms with E-state index in [9.17, 15) is 10.2 Å². The largest absolute Gasteiger partial charge is 0.504 e. The van der Waals surface area contributed by atoms with Crippen molar-refractivity contribution in [3.05, 3.63) is 47.5 Å². The maximum absolute atomic E-state index is 10.0. The fourth-order valence-electron chi connectivity index (χ4n) is 1.96. The van der Waals surface area contributed by atoms with Crippen LogP contribution in [-0.2, 0) is 6.42 Å². The Morgan fingerprint density at radius 3 is 1.58 bits per heavy atom. The molecule has 4 nitrogen and oxygen atoms in total. The summed E-state index contributed by atoms with van der Waals surface area (Å²) >= 11 is 0. The van der Waals surface area contributed by atoms with Gasteiger partial charge in [-0.2, -0.15) is 0 Å². The number of hydrogen-bond acceptors (Lipinski definition) is 4. The van der Waals surface area contributed by atoms with E-state index in [4.69, 9.17) is 9.47 Å². The minimum absolute atomic E-state index is 0.0900. The van der Waals surface area contributed by atoms with Crippen molar-refractivity contribution >= 4 is 0 Å². The molecule has 0 aromatic heterocycles. The van der Waals surface area contributed by atoms with Gasteiger partial charge in [-0.15, -0.1) is 0 Å². The lowest BCUT2D eigenvalue weighted by atomic mass is 10.0. The summed E-state index contributed by atoms with van der Waals surface area (Å²) in [7, 11) is 3.00. The number of aromatic hydroxyl groups is 2. The highest BCUT2D eigenvalue weighted by Gasteiger charge is 2.12. The Balaban J connectivity index is 2.36. The minimum Gasteiger partial charge on any atom is -0.504 e. The number of benzene rings is 2. The second kappa shape index (κ2) is 5.52. The molecule has 0 amide bonds. The van der Waals surface area contributed by atoms with Crippen LogP contribution in [0.25, 0.3) is 0 Å². The standard InChI is InChI=1S/C15H16O4/c1-18-12-7-3-5-10(14(12)16)9-11-6-4-8-13(19-2)15(11)17/h3-8,16-17H,9H2,1-2H3. The maximum Gasteiger partial charge on any atom is 0.161 e. The molecule has 0 bridgehead atoms. The van der Waals surface area contributed by atoms with Gasteiger partial charge in [-0.25, -0.2) is 0 Å². The van der Waals surface area contributed by atoms with Gasteiger partial charge in [0.15, 0.2) is 23.0 Å². The highest BCUT2D eigenvalue weighted by atomic mass is 16.5. The number of phenolic OH excluding ortho intramolecular Hbond substituents is 2. The van der Waals surface area contributed by atoms with E-state index >= 15 is 0 Å². The van der Waals surface area contributed by atoms with Gasteiger partial charge in [0.25, 0.3) is 0 Å². The van der Waals surface area contributed by atoms with Crippen molar-refractivity contribution < 1.29 is 19.7 Å². The molecule has 4 heteroatoms. The molecule has 0 saturated heterocycles. The maximum atomic E-state index is 10.0. The second-order valence-corrected chi connectivity index (χ2v) is 4.11. The third kappa shape index (κ3) is 2.57. The van der Waals surface area contributed by atoms with Gasteiger partial charge in [-0.05, 0) is 12.1 Å². The van der Waals surface area contributed by atoms with Crippen LogP contribution in [0, 0.1) is 0 Å². The van der Waals surface area contributed by atoms with Crippen LogP contribution in [-0.4, -0.2) is 24.4 Å². The van der Waals surface area contributed by atoms with Crippen molar-refractivity contribution in [2.45, 2.75) is 6.42 Å². The molecule has 100 valence electrons. The summed E-state index contributed by atoms with van der Waals surface area (Å²) in [6.45, 7) is 0. The molecule has 0 atom stereocenters. The Morgan fingerprint density at radius 2 is 1.21 bits per heavy atom. The van der Waals surface area contributed by atoms with Gasteiger partial charge >= 0.3 is 0 Å². The Bertz CT molecular complexity index is 527. The SMILES string of the molecule is COc1cccc(Cc2cccc(OC)c2O)c1O. The molecule has 0 radical (unpaired) electrons. The fourth-order valence-corrected chi connectivity index (χ4v) is 1.96. The summed E-state index contributed by atoms with van der Waals surface area (Å²) in [5, 5.41) is 20.1. The van der Waals surface area contributed by atoms with Crippen LogP contribution in [0.4, 0.5) is 0 Å². The van der Waals surface area contributed by atoms with Crippen molar-refractivity contribution in [3.63, 3.8) is 0 Å². The molecule has 2 aromatic carbocycles. The zero-order valence-electron chi connectivity index (χ0n) is 10.9. The van der Waals surface area contributed by atoms with Crippen LogP contribution < -0.4 is 9.47 Å². The molecule has 0 unspecified atom stereocenters. The van der Waals surface area contributed by atoms with Crippen LogP contribution in [0.5, 0.6) is 23.0 Å². The van der Waals surface area contributed by atoms with E-state index < -0.39 is 0 Å². The molecule has 2 rings (SSSR count). The topological polar surface area (TPSA) is 58.9 Å². The molecule has 2 aromatic rings. The van der Waals surface area contributed by atoms with Gasteiger partial charge in [0.1, 0.15) is 0 Å². The average Bonchev–Trinajstić information content (AvgIpc) is 2.43. The number of hydrogen-bond donors (Lipinski definition) is 2. The molecule has 0 fully saturated rings. The van der Waals surface area contributed by atoms with E-state index in [2.05, 4.69) is 0 Å². The first-order valence-electron chi connectivity index (χ1n) is 5.87. The Morgan fingerprint density at radius 1 is 0.789 bits per heavy atom. The lowest BCUT2D eigenvalue weighted by Gasteiger charge is -2.11. The van der Waals surface area contributed by atoms with E-state index in [-0.39, 0.29) is 11.5 Å². The smallest absolute Gasteiger partial charge is 0.161 e. The van der Waals surface area contributed by atoms with Gasteiger partial charge in [0.2, 0.25) is 0 Å². The lowest BCUT2D eigenvalue weighted by molar-refractivity contribution is 0.368. The van der Waals surface area contributed by atoms with Crippen LogP contribution in [0.3, 0.4) is 0 Å². The van der Waals surface area contributed by atoms with Crippen LogP contribution in [0.1, 0.15) is 11.1 Å². The predicted octanol–water partition coefficient (Wildman–Crippen LogP) is 2.71. The summed E-state index contributed by atoms with van der Waals surface area (Å²) in [6.07, 6.45) is 0.395. The quantitative estimate of drug-likeness (QED) is 0.887. The zero-order chi connectivity index (χ0) is 13.8. The molecule has 0 aliphatic carbocycles. The fraction of sp³-hybridized carbons (Fsp3) is 0.200. The number of rotatable bonds is 4. The summed E-state index contributed by atoms with van der Waals surface area (Å²) in [6, 6.07) is 10.5. The second-order valence-electron chi connectivity index (χ2n) is 4.11. The van der Waals surface area contributed by atoms with Crippen LogP contribution in [0.15, 0.2) is 36.4 Å². The summed E-state index contributed by atoms with van der Waals surface area (Å²) < 4.78 is 10.1. The molecule has 0 aliphatic rings. The first-order valence-corrected chi connectivity index (χ1v) is 5.87. The highest BCUT2D eigenvalue weighted by Crippen LogP contribution is 2.35. The monoisotopic (exact) mass is 260 g/mol. The number of methoxy groups -OCH3 is 2. The van der Waals surface area contributed by atoms with Crippen molar-refractivity contribution in [1.29, 1.82) is 0 Å². The summed E-state index contributed by atoms with van der Waals surface area (Å²) in [5.74, 6) is 1.01. The summed E-state index contributed by atoms with van der Waals surface area (Å²) in [5.41, 5.74) is 1.37. The van der Waals surface area contributed by atoms with E-state index in [1.807, 2.05) is 0 Å². The lowest BCUT2D eigenvalue weighted by Crippen LogP contribution is -1.94. The third-order valence-corrected chi connectivity index (χ3v) is 2.99. The van der Waals surface area contributed by atoms with Gasteiger partial charge in [-0.1, -0.05) is 24.3 Å². The predicted molar refractivity (Wildman–Crippen MR) is 72.1 cm³/mol. The first-order chi connectivity index (χ1) is 9.17. The average molecular weight is 260 g/mol. The Hall–Kier alpha value is -2.36. The molecular formula is C15H16O4. The summed E-state index contributed by atoms with van der Waals surface area (Å²) in [4.78, 5) is 0. The zero-order valence-corrected chi connectivity index (χ0v) is 10.9. The number of ether oxygens (including phenoxy) is 2. The Kier molecular flexibility index (Phi) is 3.80. The van der Waals surface area contributed by atoms with Gasteiger partial charge in [-0.3, -0.25) is 0 Å². The normalized spacial score (nSPS) is 10.2. The molecule has 0 aliphatic heterocycles. The number of phenols is 2. The highest BCUT2D eigenvalue weighted by molar-refractivity contribution is 5.51. The first kappa shape index (κ1) is 13.1. The van der Waals surface area contributed by atoms with Crippen molar-refractivity contribution in [1.82, 2.24) is 0 Å². The van der Waals surface area contributed by atoms with Crippen LogP contribution >= 0.6 is 0 Å². The van der Waals surface area contributed by atoms with E-state index in [1.165, 1.54) is 14.2 Å². The van der Waals surface area contributed by atoms with Crippen molar-refractivity contribution in [2.24, 2.45) is 0 Å². The van der Waals surface area contributed by atoms with E-state index in [0.717, 1.165) is 0 Å². The third-order valence-electron chi connectivity index (χ3n) is 2.99. The van der Waals surface area contributed by atoms with Crippen LogP contribution in [0.2, 0.25) is 0 Å². The minimum atomic E-state index is 0.0900. The Labute approximate surface area is 111 Å². The van der Waals surface area contributed by atoms with Gasteiger partial charge in [0.05, 0.1) is 14.2 Å². The number of para-hydroxylation sites is 2. The van der Waals surface area contributed by atoms with Gasteiger partial charge in [0, 0.05) is 17.5 Å². The molecule has 19 heavy (non-hydrogen) atoms. The van der Waals surface area contributed by atoms with E-state index in [1.54, 1.807) is 36.4 Å². The molecular weight excluding hydrogens is 244 g/mol. The molecule has 2 N–H and O–H groups in total. The van der Waals surface area contributed by atoms with Crippen molar-refractivity contribution in [2.75, 3.05) is 14.2 Å². The molecule has 0 heterocycles.